The first-order valence-corrected chi connectivity index (χ1v) is 6.70. The maximum atomic E-state index is 10.6. The van der Waals surface area contributed by atoms with Crippen LogP contribution in [0.25, 0.3) is 0 Å². The molecule has 1 aromatic rings. The predicted molar refractivity (Wildman–Crippen MR) is 71.6 cm³/mol. The molecule has 4 nitrogen and oxygen atoms in total. The van der Waals surface area contributed by atoms with Crippen molar-refractivity contribution in [3.8, 4) is 5.75 Å². The molecule has 2 atom stereocenters. The molecule has 0 aliphatic carbocycles. The van der Waals surface area contributed by atoms with Gasteiger partial charge in [0.1, 0.15) is 5.75 Å². The standard InChI is InChI=1S/C14H17ClO4/c1-8(5-13(17)18)4-12(16)11-7-10(15)6-9-2-3-19-14(9)11/h6-8,12,16H,2-5H2,1H3,(H,17,18). The molecule has 19 heavy (non-hydrogen) atoms. The number of benzene rings is 1. The van der Waals surface area contributed by atoms with Crippen LogP contribution >= 0.6 is 11.6 Å². The van der Waals surface area contributed by atoms with Gasteiger partial charge in [-0.2, -0.15) is 0 Å². The van der Waals surface area contributed by atoms with Crippen molar-refractivity contribution in [1.29, 1.82) is 0 Å². The second-order valence-corrected chi connectivity index (χ2v) is 5.47. The largest absolute Gasteiger partial charge is 0.493 e. The van der Waals surface area contributed by atoms with Gasteiger partial charge < -0.3 is 14.9 Å². The monoisotopic (exact) mass is 284 g/mol. The normalized spacial score (nSPS) is 16.6. The van der Waals surface area contributed by atoms with Crippen LogP contribution in [0.3, 0.4) is 0 Å². The summed E-state index contributed by atoms with van der Waals surface area (Å²) in [7, 11) is 0. The van der Waals surface area contributed by atoms with E-state index in [0.717, 1.165) is 12.0 Å². The Hall–Kier alpha value is -1.26. The zero-order valence-corrected chi connectivity index (χ0v) is 11.5. The van der Waals surface area contributed by atoms with Crippen molar-refractivity contribution in [1.82, 2.24) is 0 Å². The van der Waals surface area contributed by atoms with E-state index in [2.05, 4.69) is 0 Å². The number of hydrogen-bond acceptors (Lipinski definition) is 3. The Bertz CT molecular complexity index is 487. The molecule has 2 unspecified atom stereocenters. The highest BCUT2D eigenvalue weighted by molar-refractivity contribution is 6.30. The van der Waals surface area contributed by atoms with Crippen LogP contribution < -0.4 is 4.74 Å². The van der Waals surface area contributed by atoms with Crippen molar-refractivity contribution in [3.63, 3.8) is 0 Å². The smallest absolute Gasteiger partial charge is 0.303 e. The topological polar surface area (TPSA) is 66.8 Å². The van der Waals surface area contributed by atoms with E-state index in [9.17, 15) is 9.90 Å². The quantitative estimate of drug-likeness (QED) is 0.872. The van der Waals surface area contributed by atoms with Crippen LogP contribution in [0.15, 0.2) is 12.1 Å². The minimum atomic E-state index is -0.854. The summed E-state index contributed by atoms with van der Waals surface area (Å²) in [5.74, 6) is -0.254. The van der Waals surface area contributed by atoms with Gasteiger partial charge in [-0.1, -0.05) is 18.5 Å². The number of carboxylic acids is 1. The number of carboxylic acid groups (broad SMARTS) is 1. The van der Waals surface area contributed by atoms with Crippen LogP contribution in [0, 0.1) is 5.92 Å². The summed E-state index contributed by atoms with van der Waals surface area (Å²) in [6.45, 7) is 2.41. The highest BCUT2D eigenvalue weighted by Crippen LogP contribution is 2.38. The number of ether oxygens (including phenoxy) is 1. The van der Waals surface area contributed by atoms with Gasteiger partial charge in [-0.25, -0.2) is 0 Å². The average Bonchev–Trinajstić information content (AvgIpc) is 2.73. The van der Waals surface area contributed by atoms with E-state index in [0.29, 0.717) is 29.4 Å². The Morgan fingerprint density at radius 1 is 1.53 bits per heavy atom. The lowest BCUT2D eigenvalue weighted by Crippen LogP contribution is -2.10. The van der Waals surface area contributed by atoms with Gasteiger partial charge in [0.2, 0.25) is 0 Å². The molecule has 1 aromatic carbocycles. The molecule has 0 spiro atoms. The molecular formula is C14H17ClO4. The molecule has 5 heteroatoms. The number of rotatable bonds is 5. The Labute approximate surface area is 117 Å². The highest BCUT2D eigenvalue weighted by atomic mass is 35.5. The van der Waals surface area contributed by atoms with E-state index in [1.807, 2.05) is 13.0 Å². The number of hydrogen-bond donors (Lipinski definition) is 2. The number of fused-ring (bicyclic) bond motifs is 1. The predicted octanol–water partition coefficient (Wildman–Crippen LogP) is 2.81. The van der Waals surface area contributed by atoms with Gasteiger partial charge in [-0.15, -0.1) is 0 Å². The van der Waals surface area contributed by atoms with Gasteiger partial charge >= 0.3 is 5.97 Å². The van der Waals surface area contributed by atoms with Gasteiger partial charge in [-0.05, 0) is 30.0 Å². The van der Waals surface area contributed by atoms with E-state index < -0.39 is 12.1 Å². The summed E-state index contributed by atoms with van der Waals surface area (Å²) in [6, 6.07) is 3.55. The summed E-state index contributed by atoms with van der Waals surface area (Å²) in [4.78, 5) is 10.6. The molecule has 2 N–H and O–H groups in total. The SMILES string of the molecule is CC(CC(=O)O)CC(O)c1cc(Cl)cc2c1OCC2. The average molecular weight is 285 g/mol. The van der Waals surface area contributed by atoms with Crippen LogP contribution in [0.2, 0.25) is 5.02 Å². The van der Waals surface area contributed by atoms with Crippen molar-refractivity contribution >= 4 is 17.6 Å². The van der Waals surface area contributed by atoms with E-state index >= 15 is 0 Å². The molecule has 0 aromatic heterocycles. The summed E-state index contributed by atoms with van der Waals surface area (Å²) in [5, 5.41) is 19.6. The first kappa shape index (κ1) is 14.2. The molecule has 0 bridgehead atoms. The third-order valence-corrected chi connectivity index (χ3v) is 3.50. The Balaban J connectivity index is 2.15. The van der Waals surface area contributed by atoms with Crippen molar-refractivity contribution in [2.45, 2.75) is 32.3 Å². The fraction of sp³-hybridized carbons (Fsp3) is 0.500. The fourth-order valence-corrected chi connectivity index (χ4v) is 2.68. The molecule has 1 aliphatic rings. The van der Waals surface area contributed by atoms with Gasteiger partial charge in [-0.3, -0.25) is 4.79 Å². The molecular weight excluding hydrogens is 268 g/mol. The first-order valence-electron chi connectivity index (χ1n) is 6.32. The maximum absolute atomic E-state index is 10.6. The van der Waals surface area contributed by atoms with Crippen LogP contribution in [0.1, 0.15) is 37.0 Å². The van der Waals surface area contributed by atoms with Crippen LogP contribution in [0.4, 0.5) is 0 Å². The molecule has 2 rings (SSSR count). The third-order valence-electron chi connectivity index (χ3n) is 3.28. The van der Waals surface area contributed by atoms with Crippen LogP contribution in [-0.2, 0) is 11.2 Å². The van der Waals surface area contributed by atoms with Gasteiger partial charge in [0.15, 0.2) is 0 Å². The number of aliphatic hydroxyl groups is 1. The van der Waals surface area contributed by atoms with Crippen molar-refractivity contribution in [2.75, 3.05) is 6.61 Å². The lowest BCUT2D eigenvalue weighted by atomic mass is 9.94. The van der Waals surface area contributed by atoms with Crippen molar-refractivity contribution < 1.29 is 19.7 Å². The Kier molecular flexibility index (Phi) is 4.32. The Morgan fingerprint density at radius 2 is 2.26 bits per heavy atom. The second-order valence-electron chi connectivity index (χ2n) is 5.04. The molecule has 0 saturated heterocycles. The molecule has 0 radical (unpaired) electrons. The minimum Gasteiger partial charge on any atom is -0.493 e. The summed E-state index contributed by atoms with van der Waals surface area (Å²) >= 11 is 6.03. The molecule has 0 amide bonds. The molecule has 1 heterocycles. The first-order chi connectivity index (χ1) is 8.97. The zero-order valence-electron chi connectivity index (χ0n) is 10.7. The Morgan fingerprint density at radius 3 is 2.95 bits per heavy atom. The van der Waals surface area contributed by atoms with Crippen molar-refractivity contribution in [2.24, 2.45) is 5.92 Å². The van der Waals surface area contributed by atoms with E-state index in [4.69, 9.17) is 21.4 Å². The number of halogens is 1. The lowest BCUT2D eigenvalue weighted by molar-refractivity contribution is -0.138. The molecule has 1 aliphatic heterocycles. The van der Waals surface area contributed by atoms with Gasteiger partial charge in [0, 0.05) is 23.4 Å². The molecule has 104 valence electrons. The summed E-state index contributed by atoms with van der Waals surface area (Å²) in [6.07, 6.45) is 0.462. The fourth-order valence-electron chi connectivity index (χ4n) is 2.43. The summed E-state index contributed by atoms with van der Waals surface area (Å²) < 4.78 is 5.53. The van der Waals surface area contributed by atoms with Crippen LogP contribution in [0.5, 0.6) is 5.75 Å². The van der Waals surface area contributed by atoms with E-state index in [1.165, 1.54) is 0 Å². The third kappa shape index (κ3) is 3.39. The number of aliphatic carboxylic acids is 1. The second kappa shape index (κ2) is 5.80. The summed E-state index contributed by atoms with van der Waals surface area (Å²) in [5.41, 5.74) is 1.67. The highest BCUT2D eigenvalue weighted by Gasteiger charge is 2.24. The van der Waals surface area contributed by atoms with E-state index in [1.54, 1.807) is 6.07 Å². The van der Waals surface area contributed by atoms with Gasteiger partial charge in [0.25, 0.3) is 0 Å². The number of carbonyl (C=O) groups is 1. The molecule has 0 fully saturated rings. The van der Waals surface area contributed by atoms with Gasteiger partial charge in [0.05, 0.1) is 12.7 Å². The number of aliphatic hydroxyl groups excluding tert-OH is 1. The van der Waals surface area contributed by atoms with E-state index in [-0.39, 0.29) is 12.3 Å². The lowest BCUT2D eigenvalue weighted by Gasteiger charge is -2.18. The maximum Gasteiger partial charge on any atom is 0.303 e. The minimum absolute atomic E-state index is 0.0423. The van der Waals surface area contributed by atoms with Crippen LogP contribution in [-0.4, -0.2) is 22.8 Å². The zero-order chi connectivity index (χ0) is 14.0. The van der Waals surface area contributed by atoms with Crippen molar-refractivity contribution in [3.05, 3.63) is 28.3 Å². The molecule has 0 saturated carbocycles.